The number of unbranched alkanes of at least 4 members (excludes halogenated alkanes) is 1. The molecule has 0 aliphatic carbocycles. The van der Waals surface area contributed by atoms with E-state index in [1.807, 2.05) is 24.4 Å². The average molecular weight is 500 g/mol. The van der Waals surface area contributed by atoms with Gasteiger partial charge in [-0.3, -0.25) is 4.90 Å². The van der Waals surface area contributed by atoms with Gasteiger partial charge >= 0.3 is 0 Å². The summed E-state index contributed by atoms with van der Waals surface area (Å²) >= 11 is 0. The maximum absolute atomic E-state index is 13.6. The average Bonchev–Trinajstić information content (AvgIpc) is 3.52. The van der Waals surface area contributed by atoms with Crippen molar-refractivity contribution in [1.29, 1.82) is 0 Å². The van der Waals surface area contributed by atoms with E-state index in [0.717, 1.165) is 67.6 Å². The van der Waals surface area contributed by atoms with E-state index >= 15 is 0 Å². The highest BCUT2D eigenvalue weighted by Crippen LogP contribution is 2.33. The monoisotopic (exact) mass is 499 g/mol. The second-order valence-corrected chi connectivity index (χ2v) is 9.84. The summed E-state index contributed by atoms with van der Waals surface area (Å²) in [6.07, 6.45) is 4.11. The van der Waals surface area contributed by atoms with Gasteiger partial charge in [0.2, 0.25) is 6.79 Å². The van der Waals surface area contributed by atoms with Crippen molar-refractivity contribution < 1.29 is 13.9 Å². The van der Waals surface area contributed by atoms with Gasteiger partial charge in [0.05, 0.1) is 11.9 Å². The summed E-state index contributed by atoms with van der Waals surface area (Å²) in [4.78, 5) is 7.23. The molecule has 1 aromatic heterocycles. The predicted octanol–water partition coefficient (Wildman–Crippen LogP) is 7.04. The van der Waals surface area contributed by atoms with Crippen LogP contribution in [-0.4, -0.2) is 21.2 Å². The zero-order valence-corrected chi connectivity index (χ0v) is 21.8. The van der Waals surface area contributed by atoms with Crippen molar-refractivity contribution >= 4 is 0 Å². The Morgan fingerprint density at radius 3 is 2.35 bits per heavy atom. The van der Waals surface area contributed by atoms with Crippen molar-refractivity contribution in [2.45, 2.75) is 59.8 Å². The number of ether oxygens (including phenoxy) is 2. The summed E-state index contributed by atoms with van der Waals surface area (Å²) in [5.41, 5.74) is 7.13. The van der Waals surface area contributed by atoms with Crippen molar-refractivity contribution in [2.75, 3.05) is 6.79 Å². The van der Waals surface area contributed by atoms with Gasteiger partial charge in [-0.2, -0.15) is 0 Å². The summed E-state index contributed by atoms with van der Waals surface area (Å²) in [7, 11) is 0. The van der Waals surface area contributed by atoms with Crippen LogP contribution in [0.2, 0.25) is 0 Å². The molecule has 0 amide bonds. The van der Waals surface area contributed by atoms with Gasteiger partial charge in [0.25, 0.3) is 0 Å². The first kappa shape index (κ1) is 25.0. The molecule has 0 radical (unpaired) electrons. The van der Waals surface area contributed by atoms with E-state index in [1.165, 1.54) is 34.4 Å². The molecule has 0 saturated heterocycles. The SMILES string of the molecule is CCCCn1c(CN(Cc2ccc(C)c(C)c2)Cc2ccc3c(c2)OCO3)cnc1-c1ccc(F)cc1. The Kier molecular flexibility index (Phi) is 7.56. The largest absolute Gasteiger partial charge is 0.454 e. The van der Waals surface area contributed by atoms with Crippen LogP contribution in [0.1, 0.15) is 47.7 Å². The Bertz CT molecular complexity index is 1360. The molecule has 5 rings (SSSR count). The first-order chi connectivity index (χ1) is 18.0. The third-order valence-corrected chi connectivity index (χ3v) is 6.98. The second kappa shape index (κ2) is 11.2. The molecule has 2 heterocycles. The molecule has 0 fully saturated rings. The molecule has 4 aromatic rings. The Morgan fingerprint density at radius 2 is 1.59 bits per heavy atom. The van der Waals surface area contributed by atoms with Crippen LogP contribution in [0.25, 0.3) is 11.4 Å². The molecule has 0 saturated carbocycles. The number of hydrogen-bond acceptors (Lipinski definition) is 4. The number of aromatic nitrogens is 2. The van der Waals surface area contributed by atoms with Crippen LogP contribution < -0.4 is 9.47 Å². The summed E-state index contributed by atoms with van der Waals surface area (Å²) < 4.78 is 27.0. The molecule has 6 heteroatoms. The minimum absolute atomic E-state index is 0.237. The van der Waals surface area contributed by atoms with Gasteiger partial charge < -0.3 is 14.0 Å². The number of hydrogen-bond donors (Lipinski definition) is 0. The second-order valence-electron chi connectivity index (χ2n) is 9.84. The van der Waals surface area contributed by atoms with E-state index in [1.54, 1.807) is 0 Å². The molecular formula is C31H34FN3O2. The van der Waals surface area contributed by atoms with Gasteiger partial charge in [0.15, 0.2) is 11.5 Å². The molecule has 5 nitrogen and oxygen atoms in total. The normalized spacial score (nSPS) is 12.5. The Hall–Kier alpha value is -3.64. The van der Waals surface area contributed by atoms with Crippen LogP contribution in [0.4, 0.5) is 4.39 Å². The molecule has 0 unspecified atom stereocenters. The van der Waals surface area contributed by atoms with E-state index < -0.39 is 0 Å². The fourth-order valence-electron chi connectivity index (χ4n) is 4.79. The van der Waals surface area contributed by atoms with Gasteiger partial charge in [0.1, 0.15) is 11.6 Å². The van der Waals surface area contributed by atoms with Crippen LogP contribution in [-0.2, 0) is 26.2 Å². The Labute approximate surface area is 218 Å². The van der Waals surface area contributed by atoms with Gasteiger partial charge in [-0.05, 0) is 78.9 Å². The van der Waals surface area contributed by atoms with Crippen molar-refractivity contribution in [3.63, 3.8) is 0 Å². The number of aryl methyl sites for hydroxylation is 2. The highest BCUT2D eigenvalue weighted by atomic mass is 19.1. The first-order valence-corrected chi connectivity index (χ1v) is 13.0. The van der Waals surface area contributed by atoms with Gasteiger partial charge in [-0.25, -0.2) is 9.37 Å². The molecule has 0 atom stereocenters. The summed E-state index contributed by atoms with van der Waals surface area (Å²) in [5.74, 6) is 2.25. The standard InChI is InChI=1S/C31H34FN3O2/c1-4-5-14-35-28(17-33-31(35)26-9-11-27(32)12-10-26)20-34(18-24-7-6-22(2)23(3)15-24)19-25-8-13-29-30(16-25)37-21-36-29/h6-13,15-17H,4-5,14,18-21H2,1-3H3. The number of benzene rings is 3. The smallest absolute Gasteiger partial charge is 0.231 e. The fraction of sp³-hybridized carbons (Fsp3) is 0.323. The number of imidazole rings is 1. The molecular weight excluding hydrogens is 465 g/mol. The van der Waals surface area contributed by atoms with E-state index in [2.05, 4.69) is 60.6 Å². The minimum Gasteiger partial charge on any atom is -0.454 e. The molecule has 0 N–H and O–H groups in total. The highest BCUT2D eigenvalue weighted by molar-refractivity contribution is 5.56. The van der Waals surface area contributed by atoms with E-state index in [0.29, 0.717) is 0 Å². The van der Waals surface area contributed by atoms with E-state index in [-0.39, 0.29) is 12.6 Å². The quantitative estimate of drug-likeness (QED) is 0.235. The maximum atomic E-state index is 13.6. The van der Waals surface area contributed by atoms with Crippen LogP contribution in [0.15, 0.2) is 66.9 Å². The van der Waals surface area contributed by atoms with Crippen LogP contribution in [0.5, 0.6) is 11.5 Å². The molecule has 1 aliphatic heterocycles. The molecule has 0 bridgehead atoms. The minimum atomic E-state index is -0.237. The lowest BCUT2D eigenvalue weighted by atomic mass is 10.1. The zero-order chi connectivity index (χ0) is 25.8. The van der Waals surface area contributed by atoms with Gasteiger partial charge in [-0.1, -0.05) is 37.6 Å². The fourth-order valence-corrected chi connectivity index (χ4v) is 4.79. The lowest BCUT2D eigenvalue weighted by Gasteiger charge is -2.24. The maximum Gasteiger partial charge on any atom is 0.231 e. The molecule has 192 valence electrons. The number of nitrogens with zero attached hydrogens (tertiary/aromatic N) is 3. The van der Waals surface area contributed by atoms with Crippen molar-refractivity contribution in [3.05, 3.63) is 101 Å². The van der Waals surface area contributed by atoms with E-state index in [4.69, 9.17) is 14.5 Å². The molecule has 0 spiro atoms. The molecule has 3 aromatic carbocycles. The Balaban J connectivity index is 1.46. The summed E-state index contributed by atoms with van der Waals surface area (Å²) in [5, 5.41) is 0. The van der Waals surface area contributed by atoms with Crippen molar-refractivity contribution in [2.24, 2.45) is 0 Å². The Morgan fingerprint density at radius 1 is 0.865 bits per heavy atom. The summed E-state index contributed by atoms with van der Waals surface area (Å²) in [6.45, 7) is 9.95. The number of halogens is 1. The topological polar surface area (TPSA) is 39.5 Å². The lowest BCUT2D eigenvalue weighted by molar-refractivity contribution is 0.174. The highest BCUT2D eigenvalue weighted by Gasteiger charge is 2.18. The van der Waals surface area contributed by atoms with E-state index in [9.17, 15) is 4.39 Å². The van der Waals surface area contributed by atoms with Crippen molar-refractivity contribution in [1.82, 2.24) is 14.5 Å². The molecule has 1 aliphatic rings. The van der Waals surface area contributed by atoms with Crippen molar-refractivity contribution in [3.8, 4) is 22.9 Å². The van der Waals surface area contributed by atoms with Crippen LogP contribution in [0, 0.1) is 19.7 Å². The third kappa shape index (κ3) is 5.86. The zero-order valence-electron chi connectivity index (χ0n) is 21.8. The number of rotatable bonds is 10. The molecule has 37 heavy (non-hydrogen) atoms. The first-order valence-electron chi connectivity index (χ1n) is 13.0. The number of fused-ring (bicyclic) bond motifs is 1. The van der Waals surface area contributed by atoms with Gasteiger partial charge in [0, 0.05) is 31.7 Å². The summed E-state index contributed by atoms with van der Waals surface area (Å²) in [6, 6.07) is 19.5. The van der Waals surface area contributed by atoms with Gasteiger partial charge in [-0.15, -0.1) is 0 Å². The lowest BCUT2D eigenvalue weighted by Crippen LogP contribution is -2.24. The third-order valence-electron chi connectivity index (χ3n) is 6.98. The van der Waals surface area contributed by atoms with Crippen LogP contribution in [0.3, 0.4) is 0 Å². The predicted molar refractivity (Wildman–Crippen MR) is 144 cm³/mol. The van der Waals surface area contributed by atoms with Crippen LogP contribution >= 0.6 is 0 Å².